The molecule has 11 heteroatoms. The van der Waals surface area contributed by atoms with E-state index in [2.05, 4.69) is 63.6 Å². The van der Waals surface area contributed by atoms with Gasteiger partial charge in [-0.1, -0.05) is 18.2 Å². The van der Waals surface area contributed by atoms with Gasteiger partial charge >= 0.3 is 6.09 Å². The van der Waals surface area contributed by atoms with Crippen molar-refractivity contribution in [2.24, 2.45) is 11.3 Å². The van der Waals surface area contributed by atoms with Gasteiger partial charge < -0.3 is 20.1 Å². The first kappa shape index (κ1) is 35.7. The standard InChI is InChI=1S/C39H61N7O4/c1-26-24-28(12-13-29(26)27-14-17-39(18-15-27)19-22-44(23-20-39)36(48)50-37(2,3)4)41-35-40-25-30-33(43-35)46-32-11-9-10-31(42-32)38(5,49)16-7-6-8-21-45(46)34(30)47/h6,8,12-13,24,27,30-33,35,40-43,49H,7,9-11,14-23,25H2,1-5H3/b8-6-/t30?,31?,32?,33?,35?,38-/m1/s1. The molecule has 5 heterocycles. The van der Waals surface area contributed by atoms with Crippen molar-refractivity contribution in [3.63, 3.8) is 0 Å². The fraction of sp³-hybridized carbons (Fsp3) is 0.744. The third-order valence-electron chi connectivity index (χ3n) is 12.6. The number of benzene rings is 1. The molecule has 5 fully saturated rings. The molecule has 0 radical (unpaired) electrons. The van der Waals surface area contributed by atoms with Gasteiger partial charge in [0, 0.05) is 31.4 Å². The average molecular weight is 692 g/mol. The monoisotopic (exact) mass is 691 g/mol. The predicted molar refractivity (Wildman–Crippen MR) is 195 cm³/mol. The predicted octanol–water partition coefficient (Wildman–Crippen LogP) is 5.13. The van der Waals surface area contributed by atoms with Gasteiger partial charge in [0.2, 0.25) is 5.91 Å². The van der Waals surface area contributed by atoms with Gasteiger partial charge in [-0.05, 0) is 140 Å². The van der Waals surface area contributed by atoms with Gasteiger partial charge in [0.15, 0.2) is 0 Å². The number of rotatable bonds is 3. The van der Waals surface area contributed by atoms with Crippen molar-refractivity contribution in [3.05, 3.63) is 41.5 Å². The van der Waals surface area contributed by atoms with Crippen LogP contribution in [-0.4, -0.2) is 94.1 Å². The summed E-state index contributed by atoms with van der Waals surface area (Å²) < 4.78 is 5.63. The molecule has 1 aliphatic carbocycles. The van der Waals surface area contributed by atoms with Crippen molar-refractivity contribution in [1.82, 2.24) is 30.9 Å². The molecule has 1 aromatic rings. The Bertz CT molecular complexity index is 1420. The molecular formula is C39H61N7O4. The van der Waals surface area contributed by atoms with Crippen LogP contribution in [0, 0.1) is 18.3 Å². The highest BCUT2D eigenvalue weighted by molar-refractivity contribution is 5.82. The molecule has 7 rings (SSSR count). The van der Waals surface area contributed by atoms with Gasteiger partial charge in [-0.15, -0.1) is 0 Å². The molecular weight excluding hydrogens is 630 g/mol. The molecule has 5 N–H and O–H groups in total. The van der Waals surface area contributed by atoms with Crippen LogP contribution in [0.25, 0.3) is 0 Å². The van der Waals surface area contributed by atoms with Gasteiger partial charge in [0.1, 0.15) is 11.9 Å². The minimum atomic E-state index is -0.795. The number of aliphatic hydroxyl groups is 1. The van der Waals surface area contributed by atoms with E-state index in [1.54, 1.807) is 0 Å². The van der Waals surface area contributed by atoms with E-state index in [1.165, 1.54) is 36.8 Å². The lowest BCUT2D eigenvalue weighted by Crippen LogP contribution is -2.69. The summed E-state index contributed by atoms with van der Waals surface area (Å²) in [6.45, 7) is 12.7. The SMILES string of the molecule is Cc1cc(NC2NCC3C(=O)N4C/C=C\CC[C@@](C)(O)C5CCCC(N5)N4C3N2)ccc1C1CCC2(CC1)CCN(C(=O)OC(C)(C)C)CC2. The van der Waals surface area contributed by atoms with Crippen molar-refractivity contribution in [1.29, 1.82) is 0 Å². The third kappa shape index (κ3) is 7.44. The number of fused-ring (bicyclic) bond motifs is 6. The first-order valence-corrected chi connectivity index (χ1v) is 19.4. The van der Waals surface area contributed by atoms with Gasteiger partial charge in [0.05, 0.1) is 30.4 Å². The summed E-state index contributed by atoms with van der Waals surface area (Å²) in [6.07, 6.45) is 15.0. The Kier molecular flexibility index (Phi) is 10.0. The molecule has 6 atom stereocenters. The molecule has 6 aliphatic rings. The topological polar surface area (TPSA) is 121 Å². The lowest BCUT2D eigenvalue weighted by Gasteiger charge is -2.47. The van der Waals surface area contributed by atoms with Crippen LogP contribution in [0.2, 0.25) is 0 Å². The largest absolute Gasteiger partial charge is 0.444 e. The Balaban J connectivity index is 0.966. The smallest absolute Gasteiger partial charge is 0.410 e. The van der Waals surface area contributed by atoms with Crippen molar-refractivity contribution in [2.75, 3.05) is 31.5 Å². The van der Waals surface area contributed by atoms with E-state index in [9.17, 15) is 14.7 Å². The van der Waals surface area contributed by atoms with E-state index in [0.717, 1.165) is 57.3 Å². The summed E-state index contributed by atoms with van der Waals surface area (Å²) in [5.74, 6) is 0.526. The van der Waals surface area contributed by atoms with Crippen LogP contribution in [0.15, 0.2) is 30.4 Å². The van der Waals surface area contributed by atoms with Crippen LogP contribution in [0.4, 0.5) is 10.5 Å². The zero-order valence-corrected chi connectivity index (χ0v) is 31.0. The number of aryl methyl sites for hydroxylation is 1. The third-order valence-corrected chi connectivity index (χ3v) is 12.6. The van der Waals surface area contributed by atoms with Gasteiger partial charge in [0.25, 0.3) is 0 Å². The van der Waals surface area contributed by atoms with Crippen molar-refractivity contribution < 1.29 is 19.4 Å². The van der Waals surface area contributed by atoms with Crippen LogP contribution in [0.3, 0.4) is 0 Å². The maximum atomic E-state index is 13.7. The lowest BCUT2D eigenvalue weighted by molar-refractivity contribution is -0.146. The number of allylic oxidation sites excluding steroid dienone is 1. The fourth-order valence-electron chi connectivity index (χ4n) is 9.66. The number of ether oxygens (including phenoxy) is 1. The van der Waals surface area contributed by atoms with Gasteiger partial charge in [-0.3, -0.25) is 25.8 Å². The summed E-state index contributed by atoms with van der Waals surface area (Å²) >= 11 is 0. The molecule has 1 spiro atoms. The second kappa shape index (κ2) is 14.0. The lowest BCUT2D eigenvalue weighted by atomic mass is 9.64. The Labute approximate surface area is 298 Å². The number of carbonyl (C=O) groups excluding carboxylic acids is 2. The number of hydrogen-bond acceptors (Lipinski definition) is 9. The van der Waals surface area contributed by atoms with E-state index >= 15 is 0 Å². The Morgan fingerprint density at radius 3 is 2.50 bits per heavy atom. The van der Waals surface area contributed by atoms with Gasteiger partial charge in [-0.25, -0.2) is 4.79 Å². The molecule has 5 aliphatic heterocycles. The normalized spacial score (nSPS) is 34.4. The summed E-state index contributed by atoms with van der Waals surface area (Å²) in [7, 11) is 0. The highest BCUT2D eigenvalue weighted by Gasteiger charge is 2.53. The molecule has 1 saturated carbocycles. The summed E-state index contributed by atoms with van der Waals surface area (Å²) in [5.41, 5.74) is 2.92. The fourth-order valence-corrected chi connectivity index (χ4v) is 9.66. The van der Waals surface area contributed by atoms with Crippen LogP contribution in [-0.2, 0) is 9.53 Å². The Hall–Kier alpha value is -2.70. The van der Waals surface area contributed by atoms with Crippen LogP contribution < -0.4 is 21.3 Å². The second-order valence-electron chi connectivity index (χ2n) is 17.4. The number of nitrogens with zero attached hydrogens (tertiary/aromatic N) is 3. The van der Waals surface area contributed by atoms with Crippen molar-refractivity contribution >= 4 is 17.7 Å². The van der Waals surface area contributed by atoms with E-state index in [0.29, 0.717) is 30.8 Å². The maximum Gasteiger partial charge on any atom is 0.410 e. The number of likely N-dealkylation sites (tertiary alicyclic amines) is 1. The minimum Gasteiger partial charge on any atom is -0.444 e. The molecule has 5 unspecified atom stereocenters. The molecule has 2 amide bonds. The second-order valence-corrected chi connectivity index (χ2v) is 17.4. The zero-order chi connectivity index (χ0) is 35.3. The number of amides is 2. The van der Waals surface area contributed by atoms with Crippen molar-refractivity contribution in [3.8, 4) is 0 Å². The first-order chi connectivity index (χ1) is 23.8. The van der Waals surface area contributed by atoms with Gasteiger partial charge in [-0.2, -0.15) is 5.01 Å². The molecule has 50 heavy (non-hydrogen) atoms. The van der Waals surface area contributed by atoms with Crippen LogP contribution >= 0.6 is 0 Å². The minimum absolute atomic E-state index is 0.00670. The van der Waals surface area contributed by atoms with Crippen LogP contribution in [0.1, 0.15) is 115 Å². The Morgan fingerprint density at radius 2 is 1.78 bits per heavy atom. The molecule has 276 valence electrons. The number of anilines is 1. The van der Waals surface area contributed by atoms with Crippen molar-refractivity contribution in [2.45, 2.75) is 147 Å². The Morgan fingerprint density at radius 1 is 1.02 bits per heavy atom. The highest BCUT2D eigenvalue weighted by atomic mass is 16.6. The molecule has 11 nitrogen and oxygen atoms in total. The maximum absolute atomic E-state index is 13.7. The average Bonchev–Trinajstić information content (AvgIpc) is 3.34. The number of piperidine rings is 2. The van der Waals surface area contributed by atoms with E-state index < -0.39 is 11.2 Å². The summed E-state index contributed by atoms with van der Waals surface area (Å²) in [6, 6.07) is 6.79. The highest BCUT2D eigenvalue weighted by Crippen LogP contribution is 2.49. The van der Waals surface area contributed by atoms with E-state index in [1.807, 2.05) is 37.6 Å². The van der Waals surface area contributed by atoms with E-state index in [4.69, 9.17) is 4.74 Å². The molecule has 1 aromatic carbocycles. The zero-order valence-electron chi connectivity index (χ0n) is 31.0. The quantitative estimate of drug-likeness (QED) is 0.275. The molecule has 4 saturated heterocycles. The first-order valence-electron chi connectivity index (χ1n) is 19.4. The summed E-state index contributed by atoms with van der Waals surface area (Å²) in [5, 5.41) is 30.2. The van der Waals surface area contributed by atoms with E-state index in [-0.39, 0.29) is 42.6 Å². The number of hydrogen-bond donors (Lipinski definition) is 5. The number of hydrazine groups is 1. The molecule has 0 aromatic heterocycles. The number of carbonyl (C=O) groups is 2. The van der Waals surface area contributed by atoms with Crippen LogP contribution in [0.5, 0.6) is 0 Å². The summed E-state index contributed by atoms with van der Waals surface area (Å²) in [4.78, 5) is 28.3. The molecule has 2 bridgehead atoms. The number of nitrogens with one attached hydrogen (secondary N) is 4.